The van der Waals surface area contributed by atoms with Gasteiger partial charge in [-0.2, -0.15) is 0 Å². The summed E-state index contributed by atoms with van der Waals surface area (Å²) in [5.41, 5.74) is 2.02. The van der Waals surface area contributed by atoms with Gasteiger partial charge in [-0.1, -0.05) is 56.3 Å². The van der Waals surface area contributed by atoms with E-state index in [1.807, 2.05) is 25.1 Å². The van der Waals surface area contributed by atoms with Crippen molar-refractivity contribution < 1.29 is 5.11 Å². The average molecular weight is 241 g/mol. The minimum absolute atomic E-state index is 0.340. The molecular formula is C14H21ClO. The van der Waals surface area contributed by atoms with Gasteiger partial charge in [0.15, 0.2) is 0 Å². The third kappa shape index (κ3) is 4.15. The highest BCUT2D eigenvalue weighted by molar-refractivity contribution is 6.31. The van der Waals surface area contributed by atoms with Crippen LogP contribution in [0.2, 0.25) is 5.02 Å². The van der Waals surface area contributed by atoms with Crippen LogP contribution in [0.5, 0.6) is 0 Å². The SMILES string of the molecule is CCCCCCC(O)c1ccc(Cl)c(C)c1. The van der Waals surface area contributed by atoms with Crippen molar-refractivity contribution in [3.63, 3.8) is 0 Å². The second kappa shape index (κ2) is 6.93. The first kappa shape index (κ1) is 13.5. The fourth-order valence-corrected chi connectivity index (χ4v) is 1.92. The smallest absolute Gasteiger partial charge is 0.0790 e. The van der Waals surface area contributed by atoms with Gasteiger partial charge in [-0.05, 0) is 30.5 Å². The number of rotatable bonds is 6. The van der Waals surface area contributed by atoms with E-state index in [2.05, 4.69) is 6.92 Å². The highest BCUT2D eigenvalue weighted by Gasteiger charge is 2.08. The van der Waals surface area contributed by atoms with Gasteiger partial charge in [-0.3, -0.25) is 0 Å². The molecule has 0 heterocycles. The van der Waals surface area contributed by atoms with Crippen molar-refractivity contribution >= 4 is 11.6 Å². The largest absolute Gasteiger partial charge is 0.388 e. The third-order valence-electron chi connectivity index (χ3n) is 2.90. The number of hydrogen-bond donors (Lipinski definition) is 1. The third-order valence-corrected chi connectivity index (χ3v) is 3.32. The molecule has 0 saturated carbocycles. The zero-order valence-electron chi connectivity index (χ0n) is 10.2. The molecule has 1 unspecified atom stereocenters. The zero-order valence-corrected chi connectivity index (χ0v) is 10.9. The molecule has 0 spiro atoms. The number of benzene rings is 1. The summed E-state index contributed by atoms with van der Waals surface area (Å²) in [6.07, 6.45) is 5.30. The van der Waals surface area contributed by atoms with Crippen molar-refractivity contribution in [1.82, 2.24) is 0 Å². The molecule has 0 aliphatic rings. The summed E-state index contributed by atoms with van der Waals surface area (Å²) < 4.78 is 0. The summed E-state index contributed by atoms with van der Waals surface area (Å²) in [5.74, 6) is 0. The molecular weight excluding hydrogens is 220 g/mol. The maximum absolute atomic E-state index is 9.99. The summed E-state index contributed by atoms with van der Waals surface area (Å²) in [5, 5.41) is 10.8. The van der Waals surface area contributed by atoms with Crippen molar-refractivity contribution in [3.8, 4) is 0 Å². The molecule has 0 fully saturated rings. The van der Waals surface area contributed by atoms with Crippen molar-refractivity contribution in [1.29, 1.82) is 0 Å². The molecule has 1 nitrogen and oxygen atoms in total. The van der Waals surface area contributed by atoms with Gasteiger partial charge in [0.2, 0.25) is 0 Å². The number of aliphatic hydroxyl groups is 1. The van der Waals surface area contributed by atoms with Crippen LogP contribution in [0.3, 0.4) is 0 Å². The molecule has 0 aromatic heterocycles. The van der Waals surface area contributed by atoms with Gasteiger partial charge in [0, 0.05) is 5.02 Å². The number of aliphatic hydroxyl groups excluding tert-OH is 1. The van der Waals surface area contributed by atoms with Gasteiger partial charge in [-0.15, -0.1) is 0 Å². The Morgan fingerprint density at radius 3 is 2.62 bits per heavy atom. The Bertz CT molecular complexity index is 323. The molecule has 0 bridgehead atoms. The molecule has 0 radical (unpaired) electrons. The van der Waals surface area contributed by atoms with Gasteiger partial charge in [0.25, 0.3) is 0 Å². The van der Waals surface area contributed by atoms with Crippen LogP contribution in [0.25, 0.3) is 0 Å². The fraction of sp³-hybridized carbons (Fsp3) is 0.571. The van der Waals surface area contributed by atoms with E-state index < -0.39 is 0 Å². The maximum atomic E-state index is 9.99. The number of aryl methyl sites for hydroxylation is 1. The van der Waals surface area contributed by atoms with Crippen molar-refractivity contribution in [2.75, 3.05) is 0 Å². The lowest BCUT2D eigenvalue weighted by molar-refractivity contribution is 0.163. The van der Waals surface area contributed by atoms with Crippen molar-refractivity contribution in [3.05, 3.63) is 34.3 Å². The lowest BCUT2D eigenvalue weighted by Gasteiger charge is -2.12. The predicted molar refractivity (Wildman–Crippen MR) is 69.9 cm³/mol. The summed E-state index contributed by atoms with van der Waals surface area (Å²) in [6.45, 7) is 4.16. The first-order valence-corrected chi connectivity index (χ1v) is 6.47. The van der Waals surface area contributed by atoms with Crippen LogP contribution in [0.1, 0.15) is 56.3 Å². The van der Waals surface area contributed by atoms with E-state index in [-0.39, 0.29) is 6.10 Å². The predicted octanol–water partition coefficient (Wildman–Crippen LogP) is 4.65. The molecule has 0 amide bonds. The monoisotopic (exact) mass is 240 g/mol. The van der Waals surface area contributed by atoms with Crippen molar-refractivity contribution in [2.24, 2.45) is 0 Å². The average Bonchev–Trinajstić information content (AvgIpc) is 2.28. The van der Waals surface area contributed by atoms with E-state index in [1.165, 1.54) is 19.3 Å². The lowest BCUT2D eigenvalue weighted by Crippen LogP contribution is -1.98. The highest BCUT2D eigenvalue weighted by Crippen LogP contribution is 2.24. The number of hydrogen-bond acceptors (Lipinski definition) is 1. The molecule has 0 aliphatic heterocycles. The Hall–Kier alpha value is -0.530. The van der Waals surface area contributed by atoms with Gasteiger partial charge >= 0.3 is 0 Å². The zero-order chi connectivity index (χ0) is 12.0. The quantitative estimate of drug-likeness (QED) is 0.718. The molecule has 0 saturated heterocycles. The van der Waals surface area contributed by atoms with Crippen LogP contribution in [0.4, 0.5) is 0 Å². The maximum Gasteiger partial charge on any atom is 0.0790 e. The minimum atomic E-state index is -0.340. The van der Waals surface area contributed by atoms with E-state index >= 15 is 0 Å². The Kier molecular flexibility index (Phi) is 5.86. The molecule has 1 N–H and O–H groups in total. The van der Waals surface area contributed by atoms with Gasteiger partial charge in [0.1, 0.15) is 0 Å². The van der Waals surface area contributed by atoms with Crippen LogP contribution >= 0.6 is 11.6 Å². The number of halogens is 1. The van der Waals surface area contributed by atoms with Gasteiger partial charge in [-0.25, -0.2) is 0 Å². The Morgan fingerprint density at radius 2 is 2.00 bits per heavy atom. The molecule has 1 rings (SSSR count). The first-order valence-electron chi connectivity index (χ1n) is 6.09. The normalized spacial score (nSPS) is 12.8. The first-order chi connectivity index (χ1) is 7.65. The van der Waals surface area contributed by atoms with E-state index in [1.54, 1.807) is 0 Å². The van der Waals surface area contributed by atoms with Crippen LogP contribution in [-0.4, -0.2) is 5.11 Å². The summed E-state index contributed by atoms with van der Waals surface area (Å²) in [6, 6.07) is 5.76. The fourth-order valence-electron chi connectivity index (χ4n) is 1.81. The molecule has 1 aromatic carbocycles. The number of unbranched alkanes of at least 4 members (excludes halogenated alkanes) is 3. The van der Waals surface area contributed by atoms with Gasteiger partial charge in [0.05, 0.1) is 6.10 Å². The lowest BCUT2D eigenvalue weighted by atomic mass is 10.0. The molecule has 90 valence electrons. The highest BCUT2D eigenvalue weighted by atomic mass is 35.5. The minimum Gasteiger partial charge on any atom is -0.388 e. The van der Waals surface area contributed by atoms with Crippen LogP contribution < -0.4 is 0 Å². The Balaban J connectivity index is 2.46. The molecule has 0 aliphatic carbocycles. The Morgan fingerprint density at radius 1 is 1.25 bits per heavy atom. The van der Waals surface area contributed by atoms with E-state index in [4.69, 9.17) is 11.6 Å². The van der Waals surface area contributed by atoms with E-state index in [0.717, 1.165) is 29.0 Å². The van der Waals surface area contributed by atoms with Gasteiger partial charge < -0.3 is 5.11 Å². The summed E-state index contributed by atoms with van der Waals surface area (Å²) in [7, 11) is 0. The molecule has 16 heavy (non-hydrogen) atoms. The topological polar surface area (TPSA) is 20.2 Å². The Labute approximate surface area is 103 Å². The molecule has 1 aromatic rings. The van der Waals surface area contributed by atoms with Crippen LogP contribution in [0, 0.1) is 6.92 Å². The van der Waals surface area contributed by atoms with Crippen LogP contribution in [0.15, 0.2) is 18.2 Å². The van der Waals surface area contributed by atoms with Crippen molar-refractivity contribution in [2.45, 2.75) is 52.1 Å². The standard InChI is InChI=1S/C14H21ClO/c1-3-4-5-6-7-14(16)12-8-9-13(15)11(2)10-12/h8-10,14,16H,3-7H2,1-2H3. The second-order valence-electron chi connectivity index (χ2n) is 4.37. The van der Waals surface area contributed by atoms with Crippen LogP contribution in [-0.2, 0) is 0 Å². The van der Waals surface area contributed by atoms with E-state index in [0.29, 0.717) is 0 Å². The van der Waals surface area contributed by atoms with E-state index in [9.17, 15) is 5.11 Å². The molecule has 2 heteroatoms. The molecule has 1 atom stereocenters. The second-order valence-corrected chi connectivity index (χ2v) is 4.78. The summed E-state index contributed by atoms with van der Waals surface area (Å²) >= 11 is 5.95. The summed E-state index contributed by atoms with van der Waals surface area (Å²) in [4.78, 5) is 0.